The molecule has 0 N–H and O–H groups in total. The zero-order valence-corrected chi connectivity index (χ0v) is 10.4. The fraction of sp³-hybridized carbons (Fsp3) is 0.200. The molecule has 0 aliphatic rings. The molecule has 0 saturated carbocycles. The van der Waals surface area contributed by atoms with Gasteiger partial charge in [0.15, 0.2) is 5.01 Å². The molecule has 84 valence electrons. The van der Waals surface area contributed by atoms with Crippen LogP contribution in [0.2, 0.25) is 5.02 Å². The summed E-state index contributed by atoms with van der Waals surface area (Å²) < 4.78 is 13.5. The molecular formula is C10H7Cl2FN2S. The van der Waals surface area contributed by atoms with E-state index in [0.29, 0.717) is 27.9 Å². The van der Waals surface area contributed by atoms with Gasteiger partial charge in [-0.05, 0) is 18.2 Å². The molecule has 1 aromatic carbocycles. The molecule has 0 bridgehead atoms. The molecule has 0 radical (unpaired) electrons. The Bertz CT molecular complexity index is 501. The van der Waals surface area contributed by atoms with Crippen LogP contribution in [0.5, 0.6) is 0 Å². The highest BCUT2D eigenvalue weighted by Gasteiger charge is 2.11. The fourth-order valence-electron chi connectivity index (χ4n) is 1.21. The molecule has 0 spiro atoms. The first kappa shape index (κ1) is 11.8. The molecule has 0 unspecified atom stereocenters. The standard InChI is InChI=1S/C10H7Cl2FN2S/c11-4-3-9-14-15-10(16-9)7-5-6(12)1-2-8(7)13/h1-2,5H,3-4H2. The SMILES string of the molecule is Fc1ccc(Cl)cc1-c1nnc(CCCl)s1. The van der Waals surface area contributed by atoms with Gasteiger partial charge in [0.25, 0.3) is 0 Å². The Balaban J connectivity index is 2.38. The number of rotatable bonds is 3. The van der Waals surface area contributed by atoms with E-state index >= 15 is 0 Å². The molecule has 0 aliphatic carbocycles. The van der Waals surface area contributed by atoms with Gasteiger partial charge in [0.2, 0.25) is 0 Å². The highest BCUT2D eigenvalue weighted by atomic mass is 35.5. The van der Waals surface area contributed by atoms with Crippen LogP contribution in [-0.4, -0.2) is 16.1 Å². The molecule has 1 aromatic heterocycles. The summed E-state index contributed by atoms with van der Waals surface area (Å²) in [7, 11) is 0. The van der Waals surface area contributed by atoms with Crippen LogP contribution < -0.4 is 0 Å². The second-order valence-electron chi connectivity index (χ2n) is 3.06. The number of aromatic nitrogens is 2. The second kappa shape index (κ2) is 5.08. The quantitative estimate of drug-likeness (QED) is 0.798. The Labute approximate surface area is 106 Å². The molecule has 2 rings (SSSR count). The molecule has 2 nitrogen and oxygen atoms in total. The fourth-order valence-corrected chi connectivity index (χ4v) is 2.53. The summed E-state index contributed by atoms with van der Waals surface area (Å²) >= 11 is 12.7. The third-order valence-corrected chi connectivity index (χ3v) is 3.37. The number of nitrogens with zero attached hydrogens (tertiary/aromatic N) is 2. The molecule has 0 fully saturated rings. The first-order chi connectivity index (χ1) is 7.70. The molecule has 0 atom stereocenters. The van der Waals surface area contributed by atoms with Gasteiger partial charge in [-0.2, -0.15) is 0 Å². The zero-order chi connectivity index (χ0) is 11.5. The van der Waals surface area contributed by atoms with Gasteiger partial charge in [-0.1, -0.05) is 22.9 Å². The van der Waals surface area contributed by atoms with Gasteiger partial charge in [-0.15, -0.1) is 21.8 Å². The van der Waals surface area contributed by atoms with Gasteiger partial charge >= 0.3 is 0 Å². The van der Waals surface area contributed by atoms with Crippen molar-refractivity contribution in [3.8, 4) is 10.6 Å². The number of benzene rings is 1. The molecule has 6 heteroatoms. The summed E-state index contributed by atoms with van der Waals surface area (Å²) in [6, 6.07) is 4.36. The van der Waals surface area contributed by atoms with Gasteiger partial charge < -0.3 is 0 Å². The molecular weight excluding hydrogens is 270 g/mol. The van der Waals surface area contributed by atoms with Crippen molar-refractivity contribution in [2.75, 3.05) is 5.88 Å². The lowest BCUT2D eigenvalue weighted by Crippen LogP contribution is -1.84. The summed E-state index contributed by atoms with van der Waals surface area (Å²) in [4.78, 5) is 0. The van der Waals surface area contributed by atoms with Crippen LogP contribution in [0.15, 0.2) is 18.2 Å². The maximum absolute atomic E-state index is 13.5. The normalized spacial score (nSPS) is 10.7. The summed E-state index contributed by atoms with van der Waals surface area (Å²) in [5.74, 6) is 0.130. The Morgan fingerprint density at radius 1 is 1.31 bits per heavy atom. The minimum Gasteiger partial charge on any atom is -0.206 e. The van der Waals surface area contributed by atoms with E-state index < -0.39 is 0 Å². The minimum absolute atomic E-state index is 0.349. The average molecular weight is 277 g/mol. The van der Waals surface area contributed by atoms with Crippen LogP contribution in [0.4, 0.5) is 4.39 Å². The molecule has 16 heavy (non-hydrogen) atoms. The number of hydrogen-bond donors (Lipinski definition) is 0. The van der Waals surface area contributed by atoms with E-state index in [9.17, 15) is 4.39 Å². The first-order valence-electron chi connectivity index (χ1n) is 4.54. The average Bonchev–Trinajstić information content (AvgIpc) is 2.71. The Kier molecular flexibility index (Phi) is 3.74. The molecule has 2 aromatic rings. The van der Waals surface area contributed by atoms with Gasteiger partial charge in [0.1, 0.15) is 10.8 Å². The van der Waals surface area contributed by atoms with Crippen LogP contribution in [0.25, 0.3) is 10.6 Å². The van der Waals surface area contributed by atoms with E-state index in [1.807, 2.05) is 0 Å². The molecule has 1 heterocycles. The maximum atomic E-state index is 13.5. The summed E-state index contributed by atoms with van der Waals surface area (Å²) in [5.41, 5.74) is 0.380. The number of hydrogen-bond acceptors (Lipinski definition) is 3. The Morgan fingerprint density at radius 2 is 2.12 bits per heavy atom. The van der Waals surface area contributed by atoms with Gasteiger partial charge in [-0.25, -0.2) is 4.39 Å². The predicted molar refractivity (Wildman–Crippen MR) is 64.7 cm³/mol. The van der Waals surface area contributed by atoms with Gasteiger partial charge in [-0.3, -0.25) is 0 Å². The van der Waals surface area contributed by atoms with E-state index in [-0.39, 0.29) is 5.82 Å². The van der Waals surface area contributed by atoms with E-state index in [2.05, 4.69) is 10.2 Å². The zero-order valence-electron chi connectivity index (χ0n) is 8.08. The van der Waals surface area contributed by atoms with Crippen molar-refractivity contribution in [3.05, 3.63) is 34.0 Å². The van der Waals surface area contributed by atoms with E-state index in [0.717, 1.165) is 5.01 Å². The van der Waals surface area contributed by atoms with Crippen molar-refractivity contribution in [2.24, 2.45) is 0 Å². The van der Waals surface area contributed by atoms with Crippen molar-refractivity contribution in [1.82, 2.24) is 10.2 Å². The highest BCUT2D eigenvalue weighted by molar-refractivity contribution is 7.14. The highest BCUT2D eigenvalue weighted by Crippen LogP contribution is 2.28. The van der Waals surface area contributed by atoms with Crippen LogP contribution >= 0.6 is 34.5 Å². The smallest absolute Gasteiger partial charge is 0.150 e. The van der Waals surface area contributed by atoms with Crippen LogP contribution in [0.1, 0.15) is 5.01 Å². The number of alkyl halides is 1. The largest absolute Gasteiger partial charge is 0.206 e. The van der Waals surface area contributed by atoms with Crippen LogP contribution in [0.3, 0.4) is 0 Å². The number of halogens is 3. The van der Waals surface area contributed by atoms with Crippen LogP contribution in [0, 0.1) is 5.82 Å². The van der Waals surface area contributed by atoms with Gasteiger partial charge in [0, 0.05) is 22.9 Å². The van der Waals surface area contributed by atoms with Crippen LogP contribution in [-0.2, 0) is 6.42 Å². The van der Waals surface area contributed by atoms with Crippen molar-refractivity contribution >= 4 is 34.5 Å². The van der Waals surface area contributed by atoms with E-state index in [1.165, 1.54) is 23.5 Å². The third kappa shape index (κ3) is 2.51. The molecule has 0 amide bonds. The Morgan fingerprint density at radius 3 is 2.88 bits per heavy atom. The van der Waals surface area contributed by atoms with Crippen molar-refractivity contribution in [1.29, 1.82) is 0 Å². The summed E-state index contributed by atoms with van der Waals surface area (Å²) in [6.45, 7) is 0. The third-order valence-electron chi connectivity index (χ3n) is 1.93. The number of aryl methyl sites for hydroxylation is 1. The molecule has 0 aliphatic heterocycles. The predicted octanol–water partition coefficient (Wildman–Crippen LogP) is 3.78. The lowest BCUT2D eigenvalue weighted by molar-refractivity contribution is 0.631. The Hall–Kier alpha value is -0.710. The van der Waals surface area contributed by atoms with E-state index in [1.54, 1.807) is 6.07 Å². The lowest BCUT2D eigenvalue weighted by Gasteiger charge is -1.98. The monoisotopic (exact) mass is 276 g/mol. The van der Waals surface area contributed by atoms with Crippen molar-refractivity contribution in [3.63, 3.8) is 0 Å². The molecule has 0 saturated heterocycles. The topological polar surface area (TPSA) is 25.8 Å². The maximum Gasteiger partial charge on any atom is 0.150 e. The lowest BCUT2D eigenvalue weighted by atomic mass is 10.2. The van der Waals surface area contributed by atoms with Crippen molar-refractivity contribution in [2.45, 2.75) is 6.42 Å². The first-order valence-corrected chi connectivity index (χ1v) is 6.27. The minimum atomic E-state index is -0.349. The summed E-state index contributed by atoms with van der Waals surface area (Å²) in [5, 5.41) is 9.65. The van der Waals surface area contributed by atoms with E-state index in [4.69, 9.17) is 23.2 Å². The summed E-state index contributed by atoms with van der Waals surface area (Å²) in [6.07, 6.45) is 0.640. The van der Waals surface area contributed by atoms with Crippen molar-refractivity contribution < 1.29 is 4.39 Å². The second-order valence-corrected chi connectivity index (χ2v) is 4.94. The van der Waals surface area contributed by atoms with Gasteiger partial charge in [0.05, 0.1) is 0 Å².